The first kappa shape index (κ1) is 15.4. The third-order valence-electron chi connectivity index (χ3n) is 3.59. The molecule has 1 rings (SSSR count). The molecule has 0 aromatic heterocycles. The molecule has 18 heavy (non-hydrogen) atoms. The molecule has 1 amide bonds. The average Bonchev–Trinajstić information content (AvgIpc) is 2.34. The Hall–Kier alpha value is -0.650. The van der Waals surface area contributed by atoms with Crippen LogP contribution in [0.25, 0.3) is 0 Å². The largest absolute Gasteiger partial charge is 0.388 e. The van der Waals surface area contributed by atoms with E-state index < -0.39 is 11.1 Å². The number of aliphatic hydroxyl groups is 1. The van der Waals surface area contributed by atoms with Crippen LogP contribution in [0, 0.1) is 0 Å². The van der Waals surface area contributed by atoms with Gasteiger partial charge in [-0.15, -0.1) is 0 Å². The Bertz CT molecular complexity index is 273. The lowest BCUT2D eigenvalue weighted by molar-refractivity contribution is -0.129. The third-order valence-corrected chi connectivity index (χ3v) is 3.59. The van der Waals surface area contributed by atoms with Crippen LogP contribution in [0.2, 0.25) is 0 Å². The van der Waals surface area contributed by atoms with Gasteiger partial charge in [-0.3, -0.25) is 4.79 Å². The molecule has 2 unspecified atom stereocenters. The molecule has 0 aromatic rings. The Balaban J connectivity index is 2.40. The summed E-state index contributed by atoms with van der Waals surface area (Å²) in [6.45, 7) is 5.25. The normalized spacial score (nSPS) is 27.6. The van der Waals surface area contributed by atoms with Crippen LogP contribution in [-0.2, 0) is 9.53 Å². The van der Waals surface area contributed by atoms with Gasteiger partial charge in [0.2, 0.25) is 5.91 Å². The number of methoxy groups -OCH3 is 1. The molecule has 0 saturated carbocycles. The maximum Gasteiger partial charge on any atom is 0.240 e. The first-order chi connectivity index (χ1) is 8.40. The molecule has 3 N–H and O–H groups in total. The zero-order valence-electron chi connectivity index (χ0n) is 11.7. The number of hydrogen-bond donors (Lipinski definition) is 3. The standard InChI is InChI=1S/C13H26N2O3/c1-12(17,7-9-18-3)10-14-11(16)13(2)6-4-5-8-15-13/h15,17H,4-10H2,1-3H3,(H,14,16). The van der Waals surface area contributed by atoms with Crippen molar-refractivity contribution in [2.24, 2.45) is 0 Å². The van der Waals surface area contributed by atoms with Crippen molar-refractivity contribution in [2.75, 3.05) is 26.8 Å². The van der Waals surface area contributed by atoms with Crippen molar-refractivity contribution >= 4 is 5.91 Å². The summed E-state index contributed by atoms with van der Waals surface area (Å²) in [5, 5.41) is 16.2. The van der Waals surface area contributed by atoms with E-state index >= 15 is 0 Å². The highest BCUT2D eigenvalue weighted by molar-refractivity contribution is 5.86. The van der Waals surface area contributed by atoms with Crippen molar-refractivity contribution in [1.29, 1.82) is 0 Å². The fourth-order valence-electron chi connectivity index (χ4n) is 2.13. The second-order valence-corrected chi connectivity index (χ2v) is 5.64. The van der Waals surface area contributed by atoms with E-state index in [0.717, 1.165) is 25.8 Å². The summed E-state index contributed by atoms with van der Waals surface area (Å²) in [7, 11) is 1.60. The van der Waals surface area contributed by atoms with Crippen molar-refractivity contribution < 1.29 is 14.6 Å². The Kier molecular flexibility index (Phi) is 5.56. The highest BCUT2D eigenvalue weighted by atomic mass is 16.5. The van der Waals surface area contributed by atoms with Gasteiger partial charge in [-0.25, -0.2) is 0 Å². The summed E-state index contributed by atoms with van der Waals surface area (Å²) >= 11 is 0. The molecule has 2 atom stereocenters. The molecule has 0 aromatic carbocycles. The second kappa shape index (κ2) is 6.50. The Morgan fingerprint density at radius 2 is 2.28 bits per heavy atom. The van der Waals surface area contributed by atoms with Gasteiger partial charge in [0.15, 0.2) is 0 Å². The van der Waals surface area contributed by atoms with Crippen molar-refractivity contribution in [2.45, 2.75) is 50.7 Å². The summed E-state index contributed by atoms with van der Waals surface area (Å²) in [4.78, 5) is 12.1. The lowest BCUT2D eigenvalue weighted by Gasteiger charge is -2.34. The Morgan fingerprint density at radius 1 is 1.56 bits per heavy atom. The van der Waals surface area contributed by atoms with Gasteiger partial charge in [-0.2, -0.15) is 0 Å². The molecule has 1 aliphatic heterocycles. The Labute approximate surface area is 109 Å². The number of amides is 1. The van der Waals surface area contributed by atoms with Crippen molar-refractivity contribution in [1.82, 2.24) is 10.6 Å². The van der Waals surface area contributed by atoms with Gasteiger partial charge in [0.25, 0.3) is 0 Å². The van der Waals surface area contributed by atoms with Gasteiger partial charge < -0.3 is 20.5 Å². The van der Waals surface area contributed by atoms with E-state index in [1.807, 2.05) is 6.92 Å². The monoisotopic (exact) mass is 258 g/mol. The quantitative estimate of drug-likeness (QED) is 0.646. The van der Waals surface area contributed by atoms with Gasteiger partial charge in [-0.05, 0) is 39.7 Å². The van der Waals surface area contributed by atoms with E-state index in [1.54, 1.807) is 14.0 Å². The second-order valence-electron chi connectivity index (χ2n) is 5.64. The molecular weight excluding hydrogens is 232 g/mol. The number of ether oxygens (including phenoxy) is 1. The molecule has 0 spiro atoms. The average molecular weight is 258 g/mol. The predicted octanol–water partition coefficient (Wildman–Crippen LogP) is 0.422. The van der Waals surface area contributed by atoms with E-state index in [9.17, 15) is 9.90 Å². The molecule has 5 heteroatoms. The first-order valence-electron chi connectivity index (χ1n) is 6.64. The van der Waals surface area contributed by atoms with Crippen LogP contribution in [0.1, 0.15) is 39.5 Å². The predicted molar refractivity (Wildman–Crippen MR) is 70.4 cm³/mol. The smallest absolute Gasteiger partial charge is 0.240 e. The fourth-order valence-corrected chi connectivity index (χ4v) is 2.13. The van der Waals surface area contributed by atoms with E-state index in [-0.39, 0.29) is 12.5 Å². The highest BCUT2D eigenvalue weighted by Crippen LogP contribution is 2.19. The van der Waals surface area contributed by atoms with E-state index in [0.29, 0.717) is 13.0 Å². The fraction of sp³-hybridized carbons (Fsp3) is 0.923. The minimum absolute atomic E-state index is 0.0279. The molecule has 0 radical (unpaired) electrons. The first-order valence-corrected chi connectivity index (χ1v) is 6.64. The summed E-state index contributed by atoms with van der Waals surface area (Å²) in [5.41, 5.74) is -1.41. The van der Waals surface area contributed by atoms with Crippen LogP contribution in [0.15, 0.2) is 0 Å². The van der Waals surface area contributed by atoms with Gasteiger partial charge in [0, 0.05) is 26.7 Å². The van der Waals surface area contributed by atoms with Crippen molar-refractivity contribution in [3.8, 4) is 0 Å². The lowest BCUT2D eigenvalue weighted by Crippen LogP contribution is -2.58. The zero-order chi connectivity index (χ0) is 13.6. The molecule has 1 fully saturated rings. The number of piperidine rings is 1. The van der Waals surface area contributed by atoms with Gasteiger partial charge in [-0.1, -0.05) is 0 Å². The van der Waals surface area contributed by atoms with Crippen molar-refractivity contribution in [3.05, 3.63) is 0 Å². The van der Waals surface area contributed by atoms with Gasteiger partial charge >= 0.3 is 0 Å². The number of carbonyl (C=O) groups excluding carboxylic acids is 1. The number of hydrogen-bond acceptors (Lipinski definition) is 4. The maximum atomic E-state index is 12.1. The SMILES string of the molecule is COCCC(C)(O)CNC(=O)C1(C)CCCCN1. The van der Waals surface area contributed by atoms with E-state index in [2.05, 4.69) is 10.6 Å². The molecule has 106 valence electrons. The van der Waals surface area contributed by atoms with Crippen LogP contribution >= 0.6 is 0 Å². The molecule has 1 heterocycles. The number of carbonyl (C=O) groups is 1. The molecule has 0 aliphatic carbocycles. The summed E-state index contributed by atoms with van der Waals surface area (Å²) in [5.74, 6) is -0.0279. The molecule has 5 nitrogen and oxygen atoms in total. The molecular formula is C13H26N2O3. The van der Waals surface area contributed by atoms with E-state index in [1.165, 1.54) is 0 Å². The van der Waals surface area contributed by atoms with Gasteiger partial charge in [0.05, 0.1) is 11.1 Å². The van der Waals surface area contributed by atoms with Crippen LogP contribution in [0.3, 0.4) is 0 Å². The van der Waals surface area contributed by atoms with Gasteiger partial charge in [0.1, 0.15) is 0 Å². The summed E-state index contributed by atoms with van der Waals surface area (Å²) < 4.78 is 4.94. The Morgan fingerprint density at radius 3 is 2.83 bits per heavy atom. The summed E-state index contributed by atoms with van der Waals surface area (Å²) in [6, 6.07) is 0. The van der Waals surface area contributed by atoms with Crippen LogP contribution < -0.4 is 10.6 Å². The van der Waals surface area contributed by atoms with Crippen LogP contribution in [0.5, 0.6) is 0 Å². The molecule has 0 bridgehead atoms. The zero-order valence-corrected chi connectivity index (χ0v) is 11.7. The number of nitrogens with one attached hydrogen (secondary N) is 2. The molecule has 1 aliphatic rings. The maximum absolute atomic E-state index is 12.1. The lowest BCUT2D eigenvalue weighted by atomic mass is 9.89. The number of rotatable bonds is 6. The van der Waals surface area contributed by atoms with Crippen molar-refractivity contribution in [3.63, 3.8) is 0 Å². The van der Waals surface area contributed by atoms with Crippen LogP contribution in [0.4, 0.5) is 0 Å². The highest BCUT2D eigenvalue weighted by Gasteiger charge is 2.35. The minimum Gasteiger partial charge on any atom is -0.388 e. The van der Waals surface area contributed by atoms with Crippen LogP contribution in [-0.4, -0.2) is 49.0 Å². The third kappa shape index (κ3) is 4.55. The summed E-state index contributed by atoms with van der Waals surface area (Å²) in [6.07, 6.45) is 3.54. The molecule has 1 saturated heterocycles. The topological polar surface area (TPSA) is 70.6 Å². The minimum atomic E-state index is -0.920. The van der Waals surface area contributed by atoms with E-state index in [4.69, 9.17) is 4.74 Å².